The molecule has 0 saturated carbocycles. The molecule has 1 aromatic carbocycles. The smallest absolute Gasteiger partial charge is 0.263 e. The Morgan fingerprint density at radius 2 is 2.15 bits per heavy atom. The van der Waals surface area contributed by atoms with Gasteiger partial charge in [-0.2, -0.15) is 10.1 Å². The van der Waals surface area contributed by atoms with E-state index in [0.717, 1.165) is 26.3 Å². The first-order valence-electron chi connectivity index (χ1n) is 9.16. The number of aromatic amines is 1. The highest BCUT2D eigenvalue weighted by Gasteiger charge is 2.23. The summed E-state index contributed by atoms with van der Waals surface area (Å²) in [6, 6.07) is 8.71. The standard InChI is InChI=1S/C19H24N6O2/c1-13-4-3-5-14(10-13)16(25-6-8-27-9-7-25)12-20-19-22-17-15(18(26)23-19)11-21-24(17)2/h3-5,10-11,16H,6-9,12H2,1-2H3,(H2,20,22,23,26). The second-order valence-electron chi connectivity index (χ2n) is 6.88. The van der Waals surface area contributed by atoms with Crippen molar-refractivity contribution in [1.29, 1.82) is 0 Å². The molecule has 27 heavy (non-hydrogen) atoms. The molecule has 0 aliphatic carbocycles. The van der Waals surface area contributed by atoms with Crippen molar-refractivity contribution in [3.63, 3.8) is 0 Å². The molecular weight excluding hydrogens is 344 g/mol. The number of ether oxygens (including phenoxy) is 1. The van der Waals surface area contributed by atoms with E-state index in [0.29, 0.717) is 23.5 Å². The zero-order valence-electron chi connectivity index (χ0n) is 15.6. The molecule has 8 heteroatoms. The number of anilines is 1. The molecule has 0 amide bonds. The van der Waals surface area contributed by atoms with Crippen LogP contribution in [0.1, 0.15) is 17.2 Å². The quantitative estimate of drug-likeness (QED) is 0.709. The van der Waals surface area contributed by atoms with Crippen LogP contribution < -0.4 is 10.9 Å². The lowest BCUT2D eigenvalue weighted by atomic mass is 10.0. The maximum atomic E-state index is 12.3. The molecule has 3 aromatic rings. The normalized spacial score (nSPS) is 16.5. The number of H-pyrrole nitrogens is 1. The molecular formula is C19H24N6O2. The highest BCUT2D eigenvalue weighted by atomic mass is 16.5. The highest BCUT2D eigenvalue weighted by molar-refractivity contribution is 5.74. The molecule has 1 saturated heterocycles. The summed E-state index contributed by atoms with van der Waals surface area (Å²) in [4.78, 5) is 22.0. The van der Waals surface area contributed by atoms with Crippen LogP contribution in [0.5, 0.6) is 0 Å². The predicted octanol–water partition coefficient (Wildman–Crippen LogP) is 1.45. The number of nitrogens with zero attached hydrogens (tertiary/aromatic N) is 4. The number of hydrogen-bond donors (Lipinski definition) is 2. The van der Waals surface area contributed by atoms with Crippen molar-refractivity contribution in [3.8, 4) is 0 Å². The Morgan fingerprint density at radius 1 is 1.33 bits per heavy atom. The molecule has 1 aliphatic heterocycles. The molecule has 0 radical (unpaired) electrons. The molecule has 0 bridgehead atoms. The SMILES string of the molecule is Cc1cccc(C(CNc2nc3c(cnn3C)c(=O)[nH]2)N2CCOCC2)c1. The Labute approximate surface area is 157 Å². The third-order valence-electron chi connectivity index (χ3n) is 4.98. The van der Waals surface area contributed by atoms with Crippen LogP contribution in [0.2, 0.25) is 0 Å². The summed E-state index contributed by atoms with van der Waals surface area (Å²) in [6.07, 6.45) is 1.54. The van der Waals surface area contributed by atoms with Gasteiger partial charge in [0.2, 0.25) is 5.95 Å². The molecule has 1 atom stereocenters. The summed E-state index contributed by atoms with van der Waals surface area (Å²) in [5.41, 5.74) is 2.86. The lowest BCUT2D eigenvalue weighted by molar-refractivity contribution is 0.0187. The minimum absolute atomic E-state index is 0.168. The van der Waals surface area contributed by atoms with Crippen molar-refractivity contribution in [2.45, 2.75) is 13.0 Å². The summed E-state index contributed by atoms with van der Waals surface area (Å²) >= 11 is 0. The van der Waals surface area contributed by atoms with E-state index in [1.165, 1.54) is 17.3 Å². The van der Waals surface area contributed by atoms with Gasteiger partial charge < -0.3 is 10.1 Å². The zero-order chi connectivity index (χ0) is 18.8. The number of hydrogen-bond acceptors (Lipinski definition) is 6. The molecule has 142 valence electrons. The predicted molar refractivity (Wildman–Crippen MR) is 104 cm³/mol. The molecule has 0 spiro atoms. The molecule has 1 fully saturated rings. The molecule has 8 nitrogen and oxygen atoms in total. The summed E-state index contributed by atoms with van der Waals surface area (Å²) in [5, 5.41) is 7.92. The monoisotopic (exact) mass is 368 g/mol. The van der Waals surface area contributed by atoms with Gasteiger partial charge in [0.25, 0.3) is 5.56 Å². The molecule has 3 heterocycles. The second-order valence-corrected chi connectivity index (χ2v) is 6.88. The van der Waals surface area contributed by atoms with Gasteiger partial charge in [-0.1, -0.05) is 29.8 Å². The second kappa shape index (κ2) is 7.50. The van der Waals surface area contributed by atoms with Gasteiger partial charge in [-0.25, -0.2) is 0 Å². The van der Waals surface area contributed by atoms with Crippen molar-refractivity contribution in [3.05, 3.63) is 51.9 Å². The van der Waals surface area contributed by atoms with Crippen LogP contribution in [0.4, 0.5) is 5.95 Å². The van der Waals surface area contributed by atoms with Crippen LogP contribution in [0, 0.1) is 6.92 Å². The van der Waals surface area contributed by atoms with E-state index in [2.05, 4.69) is 56.5 Å². The number of aryl methyl sites for hydroxylation is 2. The van der Waals surface area contributed by atoms with Crippen molar-refractivity contribution in [1.82, 2.24) is 24.6 Å². The molecule has 2 N–H and O–H groups in total. The van der Waals surface area contributed by atoms with Crippen molar-refractivity contribution in [2.24, 2.45) is 7.05 Å². The Morgan fingerprint density at radius 3 is 2.93 bits per heavy atom. The van der Waals surface area contributed by atoms with E-state index in [1.54, 1.807) is 11.7 Å². The zero-order valence-corrected chi connectivity index (χ0v) is 15.6. The molecule has 1 unspecified atom stereocenters. The number of nitrogens with one attached hydrogen (secondary N) is 2. The van der Waals surface area contributed by atoms with E-state index >= 15 is 0 Å². The maximum absolute atomic E-state index is 12.3. The maximum Gasteiger partial charge on any atom is 0.263 e. The summed E-state index contributed by atoms with van der Waals surface area (Å²) in [5.74, 6) is 0.460. The van der Waals surface area contributed by atoms with Crippen molar-refractivity contribution < 1.29 is 4.74 Å². The van der Waals surface area contributed by atoms with Crippen molar-refractivity contribution >= 4 is 17.0 Å². The first-order chi connectivity index (χ1) is 13.1. The van der Waals surface area contributed by atoms with Gasteiger partial charge in [-0.15, -0.1) is 0 Å². The summed E-state index contributed by atoms with van der Waals surface area (Å²) in [7, 11) is 1.78. The van der Waals surface area contributed by atoms with Gasteiger partial charge in [0.1, 0.15) is 5.39 Å². The lowest BCUT2D eigenvalue weighted by Gasteiger charge is -2.35. The van der Waals surface area contributed by atoms with Crippen LogP contribution in [0.25, 0.3) is 11.0 Å². The van der Waals surface area contributed by atoms with Gasteiger partial charge in [0, 0.05) is 26.7 Å². The van der Waals surface area contributed by atoms with Crippen LogP contribution >= 0.6 is 0 Å². The van der Waals surface area contributed by atoms with Crippen LogP contribution in [-0.2, 0) is 11.8 Å². The van der Waals surface area contributed by atoms with E-state index in [4.69, 9.17) is 4.74 Å². The van der Waals surface area contributed by atoms with Gasteiger partial charge >= 0.3 is 0 Å². The third-order valence-corrected chi connectivity index (χ3v) is 4.98. The number of benzene rings is 1. The van der Waals surface area contributed by atoms with Gasteiger partial charge in [-0.3, -0.25) is 19.4 Å². The average molecular weight is 368 g/mol. The van der Waals surface area contributed by atoms with Gasteiger partial charge in [-0.05, 0) is 12.5 Å². The van der Waals surface area contributed by atoms with E-state index in [9.17, 15) is 4.79 Å². The van der Waals surface area contributed by atoms with Gasteiger partial charge in [0.15, 0.2) is 5.65 Å². The van der Waals surface area contributed by atoms with E-state index in [-0.39, 0.29) is 11.6 Å². The van der Waals surface area contributed by atoms with Gasteiger partial charge in [0.05, 0.1) is 25.5 Å². The number of morpholine rings is 1. The van der Waals surface area contributed by atoms with Crippen molar-refractivity contribution in [2.75, 3.05) is 38.2 Å². The Bertz CT molecular complexity index is 989. The topological polar surface area (TPSA) is 88.1 Å². The first kappa shape index (κ1) is 17.7. The number of rotatable bonds is 5. The third kappa shape index (κ3) is 3.72. The summed E-state index contributed by atoms with van der Waals surface area (Å²) in [6.45, 7) is 5.96. The number of aromatic nitrogens is 4. The largest absolute Gasteiger partial charge is 0.379 e. The molecule has 4 rings (SSSR count). The average Bonchev–Trinajstić information content (AvgIpc) is 3.04. The lowest BCUT2D eigenvalue weighted by Crippen LogP contribution is -2.41. The van der Waals surface area contributed by atoms with Crippen LogP contribution in [0.15, 0.2) is 35.3 Å². The van der Waals surface area contributed by atoms with E-state index < -0.39 is 0 Å². The van der Waals surface area contributed by atoms with E-state index in [1.807, 2.05) is 0 Å². The Balaban J connectivity index is 1.60. The number of fused-ring (bicyclic) bond motifs is 1. The fourth-order valence-electron chi connectivity index (χ4n) is 3.53. The Hall–Kier alpha value is -2.71. The first-order valence-corrected chi connectivity index (χ1v) is 9.16. The fraction of sp³-hybridized carbons (Fsp3) is 0.421. The minimum atomic E-state index is -0.186. The fourth-order valence-corrected chi connectivity index (χ4v) is 3.53. The van der Waals surface area contributed by atoms with Crippen LogP contribution in [-0.4, -0.2) is 57.5 Å². The molecule has 2 aromatic heterocycles. The van der Waals surface area contributed by atoms with Crippen LogP contribution in [0.3, 0.4) is 0 Å². The summed E-state index contributed by atoms with van der Waals surface area (Å²) < 4.78 is 7.12. The highest BCUT2D eigenvalue weighted by Crippen LogP contribution is 2.23. The minimum Gasteiger partial charge on any atom is -0.379 e. The molecule has 1 aliphatic rings. The Kier molecular flexibility index (Phi) is 4.91.